The van der Waals surface area contributed by atoms with Gasteiger partial charge in [0.2, 0.25) is 0 Å². The largest absolute Gasteiger partial charge is 0.494 e. The Morgan fingerprint density at radius 3 is 2.86 bits per heavy atom. The van der Waals surface area contributed by atoms with Crippen LogP contribution >= 0.6 is 11.8 Å². The SMILES string of the molecule is Cc1ccc2nc(SCCCOc3ccccc3)[nH]c2c1. The number of para-hydroxylation sites is 1. The second kappa shape index (κ2) is 6.68. The molecule has 0 radical (unpaired) electrons. The van der Waals surface area contributed by atoms with E-state index in [9.17, 15) is 0 Å². The first-order valence-corrected chi connectivity index (χ1v) is 8.07. The third kappa shape index (κ3) is 3.79. The van der Waals surface area contributed by atoms with Crippen molar-refractivity contribution in [3.8, 4) is 5.75 Å². The predicted octanol–water partition coefficient (Wildman–Crippen LogP) is 4.43. The van der Waals surface area contributed by atoms with E-state index < -0.39 is 0 Å². The lowest BCUT2D eigenvalue weighted by Gasteiger charge is -2.04. The molecule has 2 aromatic carbocycles. The average Bonchev–Trinajstić information content (AvgIpc) is 2.90. The summed E-state index contributed by atoms with van der Waals surface area (Å²) in [6.45, 7) is 2.82. The summed E-state index contributed by atoms with van der Waals surface area (Å²) in [4.78, 5) is 7.93. The van der Waals surface area contributed by atoms with Gasteiger partial charge in [-0.05, 0) is 43.2 Å². The molecule has 0 aliphatic heterocycles. The molecule has 0 aliphatic carbocycles. The number of aromatic nitrogens is 2. The van der Waals surface area contributed by atoms with E-state index in [1.165, 1.54) is 5.56 Å². The summed E-state index contributed by atoms with van der Waals surface area (Å²) in [6, 6.07) is 16.2. The van der Waals surface area contributed by atoms with Crippen LogP contribution in [0.3, 0.4) is 0 Å². The van der Waals surface area contributed by atoms with Gasteiger partial charge in [0, 0.05) is 5.75 Å². The van der Waals surface area contributed by atoms with Crippen molar-refractivity contribution in [2.45, 2.75) is 18.5 Å². The number of thioether (sulfide) groups is 1. The van der Waals surface area contributed by atoms with E-state index in [-0.39, 0.29) is 0 Å². The number of imidazole rings is 1. The van der Waals surface area contributed by atoms with Crippen molar-refractivity contribution in [2.75, 3.05) is 12.4 Å². The van der Waals surface area contributed by atoms with Crippen LogP contribution in [0, 0.1) is 6.92 Å². The zero-order valence-corrected chi connectivity index (χ0v) is 12.8. The minimum atomic E-state index is 0.732. The third-order valence-corrected chi connectivity index (χ3v) is 4.11. The first-order chi connectivity index (χ1) is 10.3. The first kappa shape index (κ1) is 14.0. The second-order valence-corrected chi connectivity index (χ2v) is 6.01. The number of aryl methyl sites for hydroxylation is 1. The fourth-order valence-electron chi connectivity index (χ4n) is 2.10. The normalized spacial score (nSPS) is 10.9. The van der Waals surface area contributed by atoms with E-state index in [1.807, 2.05) is 30.3 Å². The number of nitrogens with zero attached hydrogens (tertiary/aromatic N) is 1. The van der Waals surface area contributed by atoms with Crippen LogP contribution in [0.5, 0.6) is 5.75 Å². The average molecular weight is 298 g/mol. The quantitative estimate of drug-likeness (QED) is 0.540. The Bertz CT molecular complexity index is 709. The Balaban J connectivity index is 1.46. The van der Waals surface area contributed by atoms with Gasteiger partial charge in [-0.3, -0.25) is 0 Å². The summed E-state index contributed by atoms with van der Waals surface area (Å²) in [5, 5.41) is 0.982. The fourth-order valence-corrected chi connectivity index (χ4v) is 2.90. The zero-order valence-electron chi connectivity index (χ0n) is 12.0. The van der Waals surface area contributed by atoms with E-state index in [4.69, 9.17) is 4.74 Å². The molecule has 3 rings (SSSR count). The van der Waals surface area contributed by atoms with Crippen LogP contribution in [0.15, 0.2) is 53.7 Å². The molecule has 1 N–H and O–H groups in total. The number of fused-ring (bicyclic) bond motifs is 1. The molecule has 0 unspecified atom stereocenters. The van der Waals surface area contributed by atoms with Crippen molar-refractivity contribution < 1.29 is 4.74 Å². The summed E-state index contributed by atoms with van der Waals surface area (Å²) in [7, 11) is 0. The Labute approximate surface area is 128 Å². The highest BCUT2D eigenvalue weighted by molar-refractivity contribution is 7.99. The molecule has 1 heterocycles. The van der Waals surface area contributed by atoms with E-state index in [0.29, 0.717) is 0 Å². The van der Waals surface area contributed by atoms with Crippen molar-refractivity contribution in [1.82, 2.24) is 9.97 Å². The van der Waals surface area contributed by atoms with Crippen LogP contribution in [-0.4, -0.2) is 22.3 Å². The van der Waals surface area contributed by atoms with E-state index >= 15 is 0 Å². The van der Waals surface area contributed by atoms with Gasteiger partial charge in [-0.15, -0.1) is 0 Å². The molecule has 108 valence electrons. The third-order valence-electron chi connectivity index (χ3n) is 3.16. The van der Waals surface area contributed by atoms with Crippen molar-refractivity contribution >= 4 is 22.8 Å². The summed E-state index contributed by atoms with van der Waals surface area (Å²) in [5.41, 5.74) is 3.39. The molecule has 3 nitrogen and oxygen atoms in total. The van der Waals surface area contributed by atoms with Gasteiger partial charge in [-0.25, -0.2) is 4.98 Å². The molecular weight excluding hydrogens is 280 g/mol. The first-order valence-electron chi connectivity index (χ1n) is 7.08. The van der Waals surface area contributed by atoms with Gasteiger partial charge in [0.15, 0.2) is 5.16 Å². The van der Waals surface area contributed by atoms with Gasteiger partial charge in [0.1, 0.15) is 5.75 Å². The molecule has 4 heteroatoms. The fraction of sp³-hybridized carbons (Fsp3) is 0.235. The van der Waals surface area contributed by atoms with Gasteiger partial charge in [-0.1, -0.05) is 36.0 Å². The number of hydrogen-bond donors (Lipinski definition) is 1. The number of nitrogens with one attached hydrogen (secondary N) is 1. The minimum Gasteiger partial charge on any atom is -0.494 e. The number of hydrogen-bond acceptors (Lipinski definition) is 3. The van der Waals surface area contributed by atoms with E-state index in [2.05, 4.69) is 35.1 Å². The number of aromatic amines is 1. The van der Waals surface area contributed by atoms with Crippen LogP contribution < -0.4 is 4.74 Å². The molecule has 0 spiro atoms. The zero-order chi connectivity index (χ0) is 14.5. The van der Waals surface area contributed by atoms with Crippen molar-refractivity contribution in [3.05, 3.63) is 54.1 Å². The molecule has 0 amide bonds. The topological polar surface area (TPSA) is 37.9 Å². The highest BCUT2D eigenvalue weighted by atomic mass is 32.2. The van der Waals surface area contributed by atoms with Crippen LogP contribution in [0.2, 0.25) is 0 Å². The van der Waals surface area contributed by atoms with Crippen LogP contribution in [0.4, 0.5) is 0 Å². The Hall–Kier alpha value is -1.94. The van der Waals surface area contributed by atoms with Crippen LogP contribution in [-0.2, 0) is 0 Å². The Morgan fingerprint density at radius 1 is 1.14 bits per heavy atom. The van der Waals surface area contributed by atoms with Crippen molar-refractivity contribution in [2.24, 2.45) is 0 Å². The number of H-pyrrole nitrogens is 1. The lowest BCUT2D eigenvalue weighted by atomic mass is 10.2. The van der Waals surface area contributed by atoms with Gasteiger partial charge in [-0.2, -0.15) is 0 Å². The maximum absolute atomic E-state index is 5.67. The van der Waals surface area contributed by atoms with Crippen LogP contribution in [0.25, 0.3) is 11.0 Å². The molecule has 3 aromatic rings. The van der Waals surface area contributed by atoms with Crippen molar-refractivity contribution in [1.29, 1.82) is 0 Å². The molecule has 0 fully saturated rings. The molecular formula is C17H18N2OS. The summed E-state index contributed by atoms with van der Waals surface area (Å²) in [5.74, 6) is 1.92. The molecule has 0 bridgehead atoms. The predicted molar refractivity (Wildman–Crippen MR) is 88.1 cm³/mol. The molecule has 0 saturated carbocycles. The molecule has 0 saturated heterocycles. The minimum absolute atomic E-state index is 0.732. The maximum Gasteiger partial charge on any atom is 0.166 e. The highest BCUT2D eigenvalue weighted by Gasteiger charge is 2.03. The standard InChI is InChI=1S/C17H18N2OS/c1-13-8-9-15-16(12-13)19-17(18-15)21-11-5-10-20-14-6-3-2-4-7-14/h2-4,6-9,12H,5,10-11H2,1H3,(H,18,19). The van der Waals surface area contributed by atoms with Gasteiger partial charge >= 0.3 is 0 Å². The summed E-state index contributed by atoms with van der Waals surface area (Å²) in [6.07, 6.45) is 0.996. The smallest absolute Gasteiger partial charge is 0.166 e. The lowest BCUT2D eigenvalue weighted by molar-refractivity contribution is 0.318. The van der Waals surface area contributed by atoms with Crippen molar-refractivity contribution in [3.63, 3.8) is 0 Å². The molecule has 21 heavy (non-hydrogen) atoms. The Morgan fingerprint density at radius 2 is 2.00 bits per heavy atom. The number of benzene rings is 2. The highest BCUT2D eigenvalue weighted by Crippen LogP contribution is 2.21. The van der Waals surface area contributed by atoms with E-state index in [0.717, 1.165) is 40.7 Å². The molecule has 0 aliphatic rings. The lowest BCUT2D eigenvalue weighted by Crippen LogP contribution is -1.98. The van der Waals surface area contributed by atoms with Gasteiger partial charge in [0.05, 0.1) is 17.6 Å². The number of ether oxygens (including phenoxy) is 1. The summed E-state index contributed by atoms with van der Waals surface area (Å²) >= 11 is 1.74. The van der Waals surface area contributed by atoms with Crippen LogP contribution in [0.1, 0.15) is 12.0 Å². The maximum atomic E-state index is 5.67. The summed E-state index contributed by atoms with van der Waals surface area (Å²) < 4.78 is 5.67. The van der Waals surface area contributed by atoms with Gasteiger partial charge in [0.25, 0.3) is 0 Å². The molecule has 0 atom stereocenters. The Kier molecular flexibility index (Phi) is 4.46. The monoisotopic (exact) mass is 298 g/mol. The van der Waals surface area contributed by atoms with Gasteiger partial charge < -0.3 is 9.72 Å². The van der Waals surface area contributed by atoms with E-state index in [1.54, 1.807) is 11.8 Å². The number of rotatable bonds is 6. The second-order valence-electron chi connectivity index (χ2n) is 4.93. The molecule has 1 aromatic heterocycles.